The molecule has 0 bridgehead atoms. The van der Waals surface area contributed by atoms with Crippen molar-refractivity contribution in [2.45, 2.75) is 6.10 Å². The minimum atomic E-state index is -0.296. The highest BCUT2D eigenvalue weighted by molar-refractivity contribution is 5.68. The fourth-order valence-electron chi connectivity index (χ4n) is 0.521. The Morgan fingerprint density at radius 2 is 2.45 bits per heavy atom. The first kappa shape index (κ1) is 8.29. The van der Waals surface area contributed by atoms with E-state index < -0.39 is 0 Å². The highest BCUT2D eigenvalue weighted by Gasteiger charge is 2.19. The minimum Gasteiger partial charge on any atom is -0.448 e. The van der Waals surface area contributed by atoms with Crippen LogP contribution in [0.4, 0.5) is 4.79 Å². The molecule has 2 fully saturated rings. The van der Waals surface area contributed by atoms with Crippen LogP contribution in [-0.2, 0) is 9.47 Å². The van der Waals surface area contributed by atoms with E-state index in [4.69, 9.17) is 5.11 Å². The summed E-state index contributed by atoms with van der Waals surface area (Å²) in [6.07, 6.45) is -0.106. The number of amides is 1. The molecule has 1 atom stereocenters. The zero-order chi connectivity index (χ0) is 8.10. The van der Waals surface area contributed by atoms with Gasteiger partial charge in [0.15, 0.2) is 0 Å². The van der Waals surface area contributed by atoms with E-state index in [1.54, 1.807) is 0 Å². The Labute approximate surface area is 64.3 Å². The smallest absolute Gasteiger partial charge is 0.407 e. The first-order chi connectivity index (χ1) is 5.33. The summed E-state index contributed by atoms with van der Waals surface area (Å²) in [7, 11) is 0. The first-order valence-electron chi connectivity index (χ1n) is 3.46. The fraction of sp³-hybridized carbons (Fsp3) is 0.833. The molecule has 1 amide bonds. The third-order valence-corrected chi connectivity index (χ3v) is 1.21. The predicted molar refractivity (Wildman–Crippen MR) is 36.2 cm³/mol. The van der Waals surface area contributed by atoms with E-state index in [1.165, 1.54) is 0 Å². The summed E-state index contributed by atoms with van der Waals surface area (Å²) in [4.78, 5) is 9.91. The molecule has 2 aliphatic rings. The van der Waals surface area contributed by atoms with Gasteiger partial charge in [0.2, 0.25) is 0 Å². The Bertz CT molecular complexity index is 127. The second kappa shape index (κ2) is 4.15. The lowest BCUT2D eigenvalue weighted by Gasteiger charge is -1.80. The highest BCUT2D eigenvalue weighted by atomic mass is 16.6. The van der Waals surface area contributed by atoms with E-state index in [1.807, 2.05) is 0 Å². The van der Waals surface area contributed by atoms with Gasteiger partial charge in [-0.1, -0.05) is 0 Å². The Kier molecular flexibility index (Phi) is 3.13. The van der Waals surface area contributed by atoms with Crippen molar-refractivity contribution in [1.82, 2.24) is 5.32 Å². The number of nitrogens with one attached hydrogen (secondary N) is 1. The highest BCUT2D eigenvalue weighted by Crippen LogP contribution is 2.04. The van der Waals surface area contributed by atoms with Crippen LogP contribution >= 0.6 is 0 Å². The molecule has 1 unspecified atom stereocenters. The first-order valence-corrected chi connectivity index (χ1v) is 3.46. The van der Waals surface area contributed by atoms with Crippen LogP contribution in [0, 0.1) is 0 Å². The number of ether oxygens (including phenoxy) is 2. The van der Waals surface area contributed by atoms with Gasteiger partial charge in [0, 0.05) is 0 Å². The number of alkyl carbamates (subject to hydrolysis) is 1. The molecule has 5 heteroatoms. The van der Waals surface area contributed by atoms with Gasteiger partial charge < -0.3 is 19.9 Å². The molecule has 0 aliphatic carbocycles. The molecule has 0 saturated carbocycles. The summed E-state index contributed by atoms with van der Waals surface area (Å²) in [6, 6.07) is 0. The minimum absolute atomic E-state index is 0.190. The summed E-state index contributed by atoms with van der Waals surface area (Å²) >= 11 is 0. The molecule has 2 heterocycles. The van der Waals surface area contributed by atoms with Crippen LogP contribution in [0.3, 0.4) is 0 Å². The summed E-state index contributed by atoms with van der Waals surface area (Å²) in [6.45, 7) is 2.15. The van der Waals surface area contributed by atoms with Gasteiger partial charge in [-0.25, -0.2) is 4.79 Å². The molecular weight excluding hydrogens is 150 g/mol. The van der Waals surface area contributed by atoms with Crippen molar-refractivity contribution in [3.05, 3.63) is 0 Å². The number of hydrogen-bond acceptors (Lipinski definition) is 4. The van der Waals surface area contributed by atoms with Gasteiger partial charge >= 0.3 is 6.09 Å². The average molecular weight is 161 g/mol. The van der Waals surface area contributed by atoms with Crippen molar-refractivity contribution in [3.8, 4) is 0 Å². The molecule has 2 aliphatic heterocycles. The largest absolute Gasteiger partial charge is 0.448 e. The number of aliphatic hydroxyl groups excluding tert-OH is 1. The van der Waals surface area contributed by atoms with Crippen LogP contribution in [0.1, 0.15) is 0 Å². The molecule has 11 heavy (non-hydrogen) atoms. The molecule has 0 aromatic heterocycles. The molecule has 64 valence electrons. The van der Waals surface area contributed by atoms with Gasteiger partial charge in [-0.2, -0.15) is 0 Å². The monoisotopic (exact) mass is 161 g/mol. The van der Waals surface area contributed by atoms with Crippen molar-refractivity contribution < 1.29 is 19.4 Å². The lowest BCUT2D eigenvalue weighted by atomic mass is 10.5. The van der Waals surface area contributed by atoms with Crippen LogP contribution in [0.5, 0.6) is 0 Å². The third kappa shape index (κ3) is 3.79. The molecular formula is C6H11NO4. The van der Waals surface area contributed by atoms with Crippen molar-refractivity contribution in [2.24, 2.45) is 0 Å². The van der Waals surface area contributed by atoms with E-state index in [0.29, 0.717) is 13.2 Å². The number of carbonyl (C=O) groups excluding carboxylic acids is 1. The summed E-state index contributed by atoms with van der Waals surface area (Å²) in [5, 5.41) is 10.5. The number of cyclic esters (lactones) is 1. The van der Waals surface area contributed by atoms with Crippen LogP contribution < -0.4 is 5.32 Å². The Morgan fingerprint density at radius 3 is 2.55 bits per heavy atom. The van der Waals surface area contributed by atoms with Crippen LogP contribution in [-0.4, -0.2) is 43.7 Å². The number of hydrogen-bond donors (Lipinski definition) is 2. The maximum atomic E-state index is 9.91. The van der Waals surface area contributed by atoms with Crippen LogP contribution in [0.25, 0.3) is 0 Å². The standard InChI is InChI=1S/C3H5NO2.C3H6O2/c5-3-4-1-2-6-3;4-1-3-2-5-3/h1-2H2,(H,4,5);3-4H,1-2H2. The van der Waals surface area contributed by atoms with Crippen molar-refractivity contribution in [2.75, 3.05) is 26.4 Å². The molecule has 2 saturated heterocycles. The van der Waals surface area contributed by atoms with E-state index >= 15 is 0 Å². The third-order valence-electron chi connectivity index (χ3n) is 1.21. The molecule has 0 radical (unpaired) electrons. The number of epoxide rings is 1. The molecule has 0 spiro atoms. The van der Waals surface area contributed by atoms with E-state index in [-0.39, 0.29) is 18.8 Å². The van der Waals surface area contributed by atoms with Gasteiger partial charge in [0.1, 0.15) is 12.7 Å². The van der Waals surface area contributed by atoms with Crippen LogP contribution in [0.2, 0.25) is 0 Å². The van der Waals surface area contributed by atoms with E-state index in [2.05, 4.69) is 14.8 Å². The molecule has 2 N–H and O–H groups in total. The lowest BCUT2D eigenvalue weighted by molar-refractivity contribution is 0.178. The van der Waals surface area contributed by atoms with Crippen LogP contribution in [0.15, 0.2) is 0 Å². The van der Waals surface area contributed by atoms with E-state index in [0.717, 1.165) is 6.61 Å². The Morgan fingerprint density at radius 1 is 1.73 bits per heavy atom. The second-order valence-corrected chi connectivity index (χ2v) is 2.20. The average Bonchev–Trinajstić information content (AvgIpc) is 2.75. The SMILES string of the molecule is O=C1NCCO1.OCC1CO1. The quantitative estimate of drug-likeness (QED) is 0.489. The maximum absolute atomic E-state index is 9.91. The predicted octanol–water partition coefficient (Wildman–Crippen LogP) is -0.896. The van der Waals surface area contributed by atoms with Gasteiger partial charge in [-0.15, -0.1) is 0 Å². The summed E-state index contributed by atoms with van der Waals surface area (Å²) in [5.74, 6) is 0. The fourth-order valence-corrected chi connectivity index (χ4v) is 0.521. The maximum Gasteiger partial charge on any atom is 0.407 e. The number of rotatable bonds is 1. The summed E-state index contributed by atoms with van der Waals surface area (Å²) in [5.41, 5.74) is 0. The topological polar surface area (TPSA) is 71.1 Å². The van der Waals surface area contributed by atoms with Gasteiger partial charge in [0.05, 0.1) is 19.8 Å². The zero-order valence-electron chi connectivity index (χ0n) is 6.08. The molecule has 2 rings (SSSR count). The van der Waals surface area contributed by atoms with Gasteiger partial charge in [-0.05, 0) is 0 Å². The summed E-state index contributed by atoms with van der Waals surface area (Å²) < 4.78 is 9.01. The number of carbonyl (C=O) groups is 1. The Hall–Kier alpha value is -0.810. The van der Waals surface area contributed by atoms with Crippen molar-refractivity contribution in [3.63, 3.8) is 0 Å². The van der Waals surface area contributed by atoms with Crippen molar-refractivity contribution in [1.29, 1.82) is 0 Å². The molecule has 0 aromatic carbocycles. The van der Waals surface area contributed by atoms with Gasteiger partial charge in [0.25, 0.3) is 0 Å². The zero-order valence-corrected chi connectivity index (χ0v) is 6.08. The number of aliphatic hydroxyl groups is 1. The molecule has 5 nitrogen and oxygen atoms in total. The second-order valence-electron chi connectivity index (χ2n) is 2.20. The van der Waals surface area contributed by atoms with Crippen molar-refractivity contribution >= 4 is 6.09 Å². The molecule has 0 aromatic rings. The Balaban J connectivity index is 0.000000112. The van der Waals surface area contributed by atoms with Gasteiger partial charge in [-0.3, -0.25) is 0 Å². The lowest BCUT2D eigenvalue weighted by Crippen LogP contribution is -2.11. The normalized spacial score (nSPS) is 26.3. The van der Waals surface area contributed by atoms with E-state index in [9.17, 15) is 4.79 Å².